The SMILES string of the molecule is CCNCc1cncc(-c2cnc3[nH]nc(-[n+]4c[nH]c5cccc(COC)c54)c3c2)c1C. The van der Waals surface area contributed by atoms with Gasteiger partial charge >= 0.3 is 5.82 Å². The van der Waals surface area contributed by atoms with Crippen molar-refractivity contribution in [2.75, 3.05) is 13.7 Å². The summed E-state index contributed by atoms with van der Waals surface area (Å²) in [4.78, 5) is 12.5. The Labute approximate surface area is 185 Å². The maximum absolute atomic E-state index is 5.41. The zero-order valence-corrected chi connectivity index (χ0v) is 18.4. The molecule has 4 aromatic heterocycles. The second-order valence-corrected chi connectivity index (χ2v) is 7.81. The van der Waals surface area contributed by atoms with Gasteiger partial charge in [-0.1, -0.05) is 19.1 Å². The molecule has 0 bridgehead atoms. The molecule has 8 nitrogen and oxygen atoms in total. The minimum absolute atomic E-state index is 0.518. The molecule has 0 aliphatic carbocycles. The number of aromatic amines is 2. The number of H-pyrrole nitrogens is 2. The number of methoxy groups -OCH3 is 1. The van der Waals surface area contributed by atoms with Crippen LogP contribution < -0.4 is 9.88 Å². The van der Waals surface area contributed by atoms with Gasteiger partial charge in [0, 0.05) is 48.9 Å². The fourth-order valence-corrected chi connectivity index (χ4v) is 4.15. The quantitative estimate of drug-likeness (QED) is 0.346. The van der Waals surface area contributed by atoms with Crippen molar-refractivity contribution in [1.82, 2.24) is 30.5 Å². The second-order valence-electron chi connectivity index (χ2n) is 7.81. The van der Waals surface area contributed by atoms with Gasteiger partial charge in [-0.05, 0) is 41.8 Å². The van der Waals surface area contributed by atoms with Crippen molar-refractivity contribution < 1.29 is 9.30 Å². The van der Waals surface area contributed by atoms with E-state index in [0.717, 1.165) is 57.7 Å². The summed E-state index contributed by atoms with van der Waals surface area (Å²) >= 11 is 0. The molecule has 0 saturated carbocycles. The Morgan fingerprint density at radius 3 is 2.91 bits per heavy atom. The molecule has 8 heteroatoms. The van der Waals surface area contributed by atoms with Crippen molar-refractivity contribution in [2.24, 2.45) is 0 Å². The summed E-state index contributed by atoms with van der Waals surface area (Å²) in [5.74, 6) is 0.790. The molecule has 5 aromatic rings. The molecule has 0 atom stereocenters. The van der Waals surface area contributed by atoms with Crippen molar-refractivity contribution >= 4 is 22.1 Å². The summed E-state index contributed by atoms with van der Waals surface area (Å²) in [7, 11) is 1.70. The molecule has 3 N–H and O–H groups in total. The third-order valence-corrected chi connectivity index (χ3v) is 5.83. The van der Waals surface area contributed by atoms with Gasteiger partial charge in [0.25, 0.3) is 0 Å². The molecule has 0 aliphatic heterocycles. The molecule has 162 valence electrons. The minimum Gasteiger partial charge on any atom is -0.380 e. The molecule has 0 saturated heterocycles. The average Bonchev–Trinajstić information content (AvgIpc) is 3.42. The monoisotopic (exact) mass is 428 g/mol. The number of para-hydroxylation sites is 1. The van der Waals surface area contributed by atoms with E-state index in [1.165, 1.54) is 11.1 Å². The number of nitrogens with one attached hydrogen (secondary N) is 3. The Morgan fingerprint density at radius 2 is 2.06 bits per heavy atom. The van der Waals surface area contributed by atoms with Crippen LogP contribution in [0.4, 0.5) is 0 Å². The highest BCUT2D eigenvalue weighted by atomic mass is 16.5. The Morgan fingerprint density at radius 1 is 1.16 bits per heavy atom. The Balaban J connectivity index is 1.65. The fourth-order valence-electron chi connectivity index (χ4n) is 4.15. The first kappa shape index (κ1) is 20.3. The van der Waals surface area contributed by atoms with E-state index < -0.39 is 0 Å². The third kappa shape index (κ3) is 3.43. The number of pyridine rings is 2. The fraction of sp³-hybridized carbons (Fsp3) is 0.250. The van der Waals surface area contributed by atoms with E-state index in [1.54, 1.807) is 7.11 Å². The number of rotatable bonds is 7. The lowest BCUT2D eigenvalue weighted by atomic mass is 10.00. The normalized spacial score (nSPS) is 11.6. The van der Waals surface area contributed by atoms with E-state index in [-0.39, 0.29) is 0 Å². The van der Waals surface area contributed by atoms with Crippen LogP contribution >= 0.6 is 0 Å². The molecule has 1 aromatic carbocycles. The standard InChI is InChI=1S/C24H25N7O/c1-4-25-9-18-10-26-12-20(15(18)2)17-8-19-23(27-11-17)29-30-24(19)31-14-28-21-7-5-6-16(13-32-3)22(21)31/h5-8,10-12,14,25H,4,9,13H2,1-3H3,(H,27,29,30)/p+1. The highest BCUT2D eigenvalue weighted by molar-refractivity contribution is 5.87. The van der Waals surface area contributed by atoms with Crippen LogP contribution in [0.15, 0.2) is 49.2 Å². The Bertz CT molecular complexity index is 1400. The lowest BCUT2D eigenvalue weighted by molar-refractivity contribution is -0.569. The maximum Gasteiger partial charge on any atom is 0.302 e. The number of hydrogen-bond donors (Lipinski definition) is 3. The lowest BCUT2D eigenvalue weighted by Gasteiger charge is -2.11. The highest BCUT2D eigenvalue weighted by Crippen LogP contribution is 2.28. The number of fused-ring (bicyclic) bond motifs is 2. The van der Waals surface area contributed by atoms with E-state index in [2.05, 4.69) is 61.0 Å². The van der Waals surface area contributed by atoms with Crippen molar-refractivity contribution in [3.63, 3.8) is 0 Å². The van der Waals surface area contributed by atoms with E-state index in [0.29, 0.717) is 6.61 Å². The number of imidazole rings is 1. The number of benzene rings is 1. The summed E-state index contributed by atoms with van der Waals surface area (Å²) in [5.41, 5.74) is 8.37. The minimum atomic E-state index is 0.518. The van der Waals surface area contributed by atoms with Crippen LogP contribution in [0.5, 0.6) is 0 Å². The zero-order valence-electron chi connectivity index (χ0n) is 18.4. The molecule has 0 amide bonds. The molecule has 0 aliphatic rings. The third-order valence-electron chi connectivity index (χ3n) is 5.83. The molecule has 0 spiro atoms. The maximum atomic E-state index is 5.41. The van der Waals surface area contributed by atoms with Crippen molar-refractivity contribution in [3.05, 3.63) is 65.9 Å². The second kappa shape index (κ2) is 8.49. The highest BCUT2D eigenvalue weighted by Gasteiger charge is 2.22. The summed E-state index contributed by atoms with van der Waals surface area (Å²) in [6.07, 6.45) is 7.64. The molecule has 32 heavy (non-hydrogen) atoms. The Hall–Kier alpha value is -3.62. The number of nitrogens with zero attached hydrogens (tertiary/aromatic N) is 4. The molecule has 5 rings (SSSR count). The van der Waals surface area contributed by atoms with E-state index in [4.69, 9.17) is 4.74 Å². The van der Waals surface area contributed by atoms with Crippen molar-refractivity contribution in [3.8, 4) is 16.9 Å². The van der Waals surface area contributed by atoms with Crippen LogP contribution in [-0.2, 0) is 17.9 Å². The zero-order chi connectivity index (χ0) is 22.1. The number of ether oxygens (including phenoxy) is 1. The van der Waals surface area contributed by atoms with Crippen molar-refractivity contribution in [1.29, 1.82) is 0 Å². The van der Waals surface area contributed by atoms with Gasteiger partial charge in [0.05, 0.1) is 12.0 Å². The van der Waals surface area contributed by atoms with Gasteiger partial charge in [-0.3, -0.25) is 9.97 Å². The molecule has 0 fully saturated rings. The first-order valence-electron chi connectivity index (χ1n) is 10.7. The van der Waals surface area contributed by atoms with Gasteiger partial charge in [-0.15, -0.1) is 0 Å². The average molecular weight is 429 g/mol. The molecular formula is C24H26N7O+. The van der Waals surface area contributed by atoms with Crippen molar-refractivity contribution in [2.45, 2.75) is 27.0 Å². The van der Waals surface area contributed by atoms with E-state index in [9.17, 15) is 0 Å². The van der Waals surface area contributed by atoms with Gasteiger partial charge in [-0.25, -0.2) is 4.98 Å². The van der Waals surface area contributed by atoms with Gasteiger partial charge in [0.15, 0.2) is 17.5 Å². The summed E-state index contributed by atoms with van der Waals surface area (Å²) < 4.78 is 7.47. The van der Waals surface area contributed by atoms with Gasteiger partial charge in [0.2, 0.25) is 0 Å². The van der Waals surface area contributed by atoms with Crippen LogP contribution in [0.3, 0.4) is 0 Å². The smallest absolute Gasteiger partial charge is 0.302 e. The van der Waals surface area contributed by atoms with Gasteiger partial charge < -0.3 is 10.1 Å². The molecule has 0 unspecified atom stereocenters. The van der Waals surface area contributed by atoms with Gasteiger partial charge in [0.1, 0.15) is 5.52 Å². The molecule has 0 radical (unpaired) electrons. The van der Waals surface area contributed by atoms with Crippen LogP contribution in [0, 0.1) is 6.92 Å². The Kier molecular flexibility index (Phi) is 5.38. The van der Waals surface area contributed by atoms with E-state index >= 15 is 0 Å². The first-order valence-corrected chi connectivity index (χ1v) is 10.7. The number of aromatic nitrogens is 6. The van der Waals surface area contributed by atoms with Crippen LogP contribution in [0.2, 0.25) is 0 Å². The predicted octanol–water partition coefficient (Wildman–Crippen LogP) is 3.34. The largest absolute Gasteiger partial charge is 0.380 e. The van der Waals surface area contributed by atoms with E-state index in [1.807, 2.05) is 37.1 Å². The summed E-state index contributed by atoms with van der Waals surface area (Å²) in [5, 5.41) is 12.0. The van der Waals surface area contributed by atoms with Crippen LogP contribution in [-0.4, -0.2) is 38.8 Å². The predicted molar refractivity (Wildman–Crippen MR) is 123 cm³/mol. The van der Waals surface area contributed by atoms with Gasteiger partial charge in [-0.2, -0.15) is 9.67 Å². The first-order chi connectivity index (χ1) is 15.7. The topological polar surface area (TPSA) is 95.4 Å². The van der Waals surface area contributed by atoms with Crippen LogP contribution in [0.1, 0.15) is 23.6 Å². The lowest BCUT2D eigenvalue weighted by Crippen LogP contribution is -2.30. The van der Waals surface area contributed by atoms with Crippen LogP contribution in [0.25, 0.3) is 39.0 Å². The molecule has 4 heterocycles. The number of hydrogen-bond acceptors (Lipinski definition) is 5. The summed E-state index contributed by atoms with van der Waals surface area (Å²) in [6.45, 7) is 6.47. The summed E-state index contributed by atoms with van der Waals surface area (Å²) in [6, 6.07) is 8.27. The molecular weight excluding hydrogens is 402 g/mol.